The topological polar surface area (TPSA) is 79.2 Å². The van der Waals surface area contributed by atoms with E-state index in [0.717, 1.165) is 32.1 Å². The van der Waals surface area contributed by atoms with Crippen LogP contribution >= 0.6 is 0 Å². The van der Waals surface area contributed by atoms with Crippen LogP contribution in [0.4, 0.5) is 0 Å². The van der Waals surface area contributed by atoms with Crippen LogP contribution in [-0.4, -0.2) is 31.4 Å². The minimum absolute atomic E-state index is 0.123. The molecule has 0 unspecified atom stereocenters. The Labute approximate surface area is 114 Å². The van der Waals surface area contributed by atoms with Gasteiger partial charge in [0.05, 0.1) is 12.7 Å². The van der Waals surface area contributed by atoms with E-state index in [2.05, 4.69) is 5.32 Å². The zero-order valence-electron chi connectivity index (χ0n) is 11.6. The lowest BCUT2D eigenvalue weighted by molar-refractivity contribution is -0.135. The average Bonchev–Trinajstić information content (AvgIpc) is 2.40. The van der Waals surface area contributed by atoms with E-state index in [1.54, 1.807) is 6.92 Å². The van der Waals surface area contributed by atoms with Crippen LogP contribution in [-0.2, 0) is 14.3 Å². The number of amides is 1. The molecular formula is C14H22N2O3. The van der Waals surface area contributed by atoms with Gasteiger partial charge < -0.3 is 10.1 Å². The summed E-state index contributed by atoms with van der Waals surface area (Å²) in [4.78, 5) is 24.1. The van der Waals surface area contributed by atoms with Gasteiger partial charge in [0.1, 0.15) is 0 Å². The number of nitriles is 1. The van der Waals surface area contributed by atoms with E-state index in [-0.39, 0.29) is 17.7 Å². The molecule has 1 aliphatic carbocycles. The Morgan fingerprint density at radius 1 is 1.37 bits per heavy atom. The van der Waals surface area contributed by atoms with E-state index in [1.807, 2.05) is 6.07 Å². The maximum Gasteiger partial charge on any atom is 0.245 e. The maximum absolute atomic E-state index is 12.2. The van der Waals surface area contributed by atoms with Gasteiger partial charge in [-0.25, -0.2) is 0 Å². The smallest absolute Gasteiger partial charge is 0.245 e. The first-order chi connectivity index (χ1) is 9.10. The Kier molecular flexibility index (Phi) is 6.51. The number of ketones is 1. The van der Waals surface area contributed by atoms with E-state index in [0.29, 0.717) is 6.61 Å². The van der Waals surface area contributed by atoms with Gasteiger partial charge in [0.25, 0.3) is 0 Å². The zero-order valence-corrected chi connectivity index (χ0v) is 11.6. The Bertz CT molecular complexity index is 356. The summed E-state index contributed by atoms with van der Waals surface area (Å²) < 4.78 is 4.91. The number of Topliss-reactive ketones (excluding diaryl/α,β-unsaturated/α-hetero) is 1. The number of nitrogens with one attached hydrogen (secondary N) is 1. The summed E-state index contributed by atoms with van der Waals surface area (Å²) in [5.41, 5.74) is 0. The highest BCUT2D eigenvalue weighted by molar-refractivity contribution is 6.05. The number of hydrogen-bond donors (Lipinski definition) is 1. The molecule has 0 bridgehead atoms. The van der Waals surface area contributed by atoms with Crippen LogP contribution in [0.2, 0.25) is 0 Å². The number of carbonyl (C=O) groups is 2. The van der Waals surface area contributed by atoms with Crippen LogP contribution < -0.4 is 5.32 Å². The van der Waals surface area contributed by atoms with Gasteiger partial charge in [0, 0.05) is 19.1 Å². The first-order valence-electron chi connectivity index (χ1n) is 6.82. The molecule has 1 rings (SSSR count). The molecule has 1 saturated carbocycles. The largest absolute Gasteiger partial charge is 0.383 e. The summed E-state index contributed by atoms with van der Waals surface area (Å²) in [5.74, 6) is -2.02. The van der Waals surface area contributed by atoms with Crippen molar-refractivity contribution in [3.05, 3.63) is 0 Å². The summed E-state index contributed by atoms with van der Waals surface area (Å²) in [7, 11) is 1.54. The molecule has 0 aromatic rings. The second-order valence-electron chi connectivity index (χ2n) is 5.16. The fourth-order valence-electron chi connectivity index (χ4n) is 2.49. The molecule has 5 heteroatoms. The van der Waals surface area contributed by atoms with Crippen LogP contribution in [0.1, 0.15) is 39.0 Å². The van der Waals surface area contributed by atoms with Crippen LogP contribution in [0, 0.1) is 23.2 Å². The predicted molar refractivity (Wildman–Crippen MR) is 70.2 cm³/mol. The fourth-order valence-corrected chi connectivity index (χ4v) is 2.49. The quantitative estimate of drug-likeness (QED) is 0.737. The van der Waals surface area contributed by atoms with Gasteiger partial charge in [-0.15, -0.1) is 0 Å². The Hall–Kier alpha value is -1.41. The molecule has 0 saturated heterocycles. The van der Waals surface area contributed by atoms with Gasteiger partial charge in [-0.1, -0.05) is 19.3 Å². The highest BCUT2D eigenvalue weighted by atomic mass is 16.5. The summed E-state index contributed by atoms with van der Waals surface area (Å²) in [5, 5.41) is 11.7. The van der Waals surface area contributed by atoms with Crippen molar-refractivity contribution < 1.29 is 14.3 Å². The molecule has 0 aliphatic heterocycles. The summed E-state index contributed by atoms with van der Waals surface area (Å²) in [6.07, 6.45) is 4.76. The van der Waals surface area contributed by atoms with Crippen LogP contribution in [0.25, 0.3) is 0 Å². The molecule has 0 heterocycles. The van der Waals surface area contributed by atoms with Crippen molar-refractivity contribution in [1.82, 2.24) is 5.32 Å². The number of carbonyl (C=O) groups excluding carboxylic acids is 2. The molecule has 0 radical (unpaired) electrons. The van der Waals surface area contributed by atoms with Crippen molar-refractivity contribution in [3.8, 4) is 6.07 Å². The van der Waals surface area contributed by atoms with Crippen LogP contribution in [0.3, 0.4) is 0 Å². The van der Waals surface area contributed by atoms with Crippen molar-refractivity contribution in [2.24, 2.45) is 11.8 Å². The Balaban J connectivity index is 2.58. The van der Waals surface area contributed by atoms with Crippen molar-refractivity contribution in [1.29, 1.82) is 5.26 Å². The first kappa shape index (κ1) is 15.6. The van der Waals surface area contributed by atoms with Gasteiger partial charge in [-0.3, -0.25) is 9.59 Å². The van der Waals surface area contributed by atoms with Crippen LogP contribution in [0.5, 0.6) is 0 Å². The summed E-state index contributed by atoms with van der Waals surface area (Å²) in [6.45, 7) is 2.14. The number of rotatable bonds is 6. The summed E-state index contributed by atoms with van der Waals surface area (Å²) in [6, 6.07) is 1.64. The highest BCUT2D eigenvalue weighted by Gasteiger charge is 2.33. The second kappa shape index (κ2) is 7.90. The number of hydrogen-bond acceptors (Lipinski definition) is 4. The third-order valence-electron chi connectivity index (χ3n) is 3.49. The van der Waals surface area contributed by atoms with Gasteiger partial charge >= 0.3 is 0 Å². The van der Waals surface area contributed by atoms with E-state index < -0.39 is 11.8 Å². The molecule has 1 amide bonds. The van der Waals surface area contributed by atoms with E-state index in [4.69, 9.17) is 10.00 Å². The lowest BCUT2D eigenvalue weighted by Gasteiger charge is -2.22. The summed E-state index contributed by atoms with van der Waals surface area (Å²) >= 11 is 0. The molecule has 0 aromatic heterocycles. The molecule has 1 aliphatic rings. The third kappa shape index (κ3) is 4.64. The molecule has 0 spiro atoms. The number of nitrogens with zero attached hydrogens (tertiary/aromatic N) is 1. The normalized spacial score (nSPS) is 19.2. The highest BCUT2D eigenvalue weighted by Crippen LogP contribution is 2.26. The van der Waals surface area contributed by atoms with Gasteiger partial charge in [0.15, 0.2) is 11.7 Å². The van der Waals surface area contributed by atoms with Gasteiger partial charge in [0.2, 0.25) is 5.91 Å². The number of methoxy groups -OCH3 is 1. The second-order valence-corrected chi connectivity index (χ2v) is 5.16. The van der Waals surface area contributed by atoms with Crippen molar-refractivity contribution in [2.75, 3.05) is 13.7 Å². The predicted octanol–water partition coefficient (Wildman–Crippen LogP) is 1.43. The molecule has 5 nitrogen and oxygen atoms in total. The molecule has 1 N–H and O–H groups in total. The Morgan fingerprint density at radius 2 is 2.00 bits per heavy atom. The fraction of sp³-hybridized carbons (Fsp3) is 0.786. The lowest BCUT2D eigenvalue weighted by Crippen LogP contribution is -2.43. The maximum atomic E-state index is 12.2. The minimum atomic E-state index is -1.18. The van der Waals surface area contributed by atoms with E-state index >= 15 is 0 Å². The monoisotopic (exact) mass is 266 g/mol. The molecule has 2 atom stereocenters. The Morgan fingerprint density at radius 3 is 2.53 bits per heavy atom. The molecule has 106 valence electrons. The minimum Gasteiger partial charge on any atom is -0.383 e. The van der Waals surface area contributed by atoms with E-state index in [1.165, 1.54) is 7.11 Å². The van der Waals surface area contributed by atoms with E-state index in [9.17, 15) is 9.59 Å². The van der Waals surface area contributed by atoms with Crippen molar-refractivity contribution in [3.63, 3.8) is 0 Å². The lowest BCUT2D eigenvalue weighted by atomic mass is 9.81. The molecule has 1 fully saturated rings. The van der Waals surface area contributed by atoms with Gasteiger partial charge in [-0.2, -0.15) is 5.26 Å². The molecule has 0 aromatic carbocycles. The average molecular weight is 266 g/mol. The molecular weight excluding hydrogens is 244 g/mol. The number of ether oxygens (including phenoxy) is 1. The molecule has 19 heavy (non-hydrogen) atoms. The zero-order chi connectivity index (χ0) is 14.3. The standard InChI is InChI=1S/C14H22N2O3/c1-10(9-19-2)16-14(18)12(8-15)13(17)11-6-4-3-5-7-11/h10-12H,3-7,9H2,1-2H3,(H,16,18)/t10-,12+/m1/s1. The van der Waals surface area contributed by atoms with Crippen molar-refractivity contribution >= 4 is 11.7 Å². The third-order valence-corrected chi connectivity index (χ3v) is 3.49. The van der Waals surface area contributed by atoms with Gasteiger partial charge in [-0.05, 0) is 19.8 Å². The van der Waals surface area contributed by atoms with Crippen molar-refractivity contribution in [2.45, 2.75) is 45.1 Å². The first-order valence-corrected chi connectivity index (χ1v) is 6.82. The SMILES string of the molecule is COC[C@@H](C)NC(=O)[C@@H](C#N)C(=O)C1CCCCC1. The van der Waals surface area contributed by atoms with Crippen LogP contribution in [0.15, 0.2) is 0 Å².